The number of carbonyl (C=O) groups excluding carboxylic acids is 3. The van der Waals surface area contributed by atoms with E-state index >= 15 is 0 Å². The van der Waals surface area contributed by atoms with Crippen LogP contribution in [0.3, 0.4) is 0 Å². The molecule has 1 aliphatic carbocycles. The average molecular weight is 350 g/mol. The van der Waals surface area contributed by atoms with E-state index < -0.39 is 6.10 Å². The molecule has 1 saturated heterocycles. The van der Waals surface area contributed by atoms with Crippen molar-refractivity contribution in [3.63, 3.8) is 0 Å². The molecule has 1 fully saturated rings. The largest absolute Gasteiger partial charge is 0.463 e. The Bertz CT molecular complexity index is 605. The summed E-state index contributed by atoms with van der Waals surface area (Å²) < 4.78 is 16.1. The predicted octanol–water partition coefficient (Wildman–Crippen LogP) is 2.71. The number of ether oxygens (including phenoxy) is 3. The third kappa shape index (κ3) is 4.71. The van der Waals surface area contributed by atoms with Crippen LogP contribution in [0.5, 0.6) is 0 Å². The SMILES string of the molecule is C=C1C(=O)O[C@H]2C[C@H](C)C(C(CC(C)OC(C)=O)OC(C)=O)=CC[C@H]12. The molecular formula is C19H26O6. The number of hydrogen-bond acceptors (Lipinski definition) is 6. The lowest BCUT2D eigenvalue weighted by Gasteiger charge is -2.27. The Labute approximate surface area is 148 Å². The Kier molecular flexibility index (Phi) is 6.03. The predicted molar refractivity (Wildman–Crippen MR) is 90.4 cm³/mol. The molecule has 0 aromatic carbocycles. The zero-order chi connectivity index (χ0) is 18.7. The first-order valence-electron chi connectivity index (χ1n) is 8.63. The van der Waals surface area contributed by atoms with E-state index in [2.05, 4.69) is 6.58 Å². The Morgan fingerprint density at radius 1 is 1.32 bits per heavy atom. The zero-order valence-corrected chi connectivity index (χ0v) is 15.2. The first kappa shape index (κ1) is 19.2. The maximum absolute atomic E-state index is 11.7. The topological polar surface area (TPSA) is 78.9 Å². The van der Waals surface area contributed by atoms with Gasteiger partial charge in [-0.15, -0.1) is 0 Å². The van der Waals surface area contributed by atoms with E-state index in [4.69, 9.17) is 14.2 Å². The molecule has 0 amide bonds. The van der Waals surface area contributed by atoms with Gasteiger partial charge in [0, 0.05) is 31.8 Å². The van der Waals surface area contributed by atoms with Gasteiger partial charge in [-0.1, -0.05) is 19.6 Å². The molecular weight excluding hydrogens is 324 g/mol. The van der Waals surface area contributed by atoms with E-state index in [1.54, 1.807) is 6.92 Å². The van der Waals surface area contributed by atoms with Crippen LogP contribution in [-0.2, 0) is 28.6 Å². The molecule has 138 valence electrons. The van der Waals surface area contributed by atoms with E-state index in [0.29, 0.717) is 24.8 Å². The monoisotopic (exact) mass is 350 g/mol. The fourth-order valence-corrected chi connectivity index (χ4v) is 3.66. The molecule has 0 spiro atoms. The maximum Gasteiger partial charge on any atom is 0.334 e. The van der Waals surface area contributed by atoms with E-state index in [0.717, 1.165) is 5.57 Å². The molecule has 2 rings (SSSR count). The molecule has 6 nitrogen and oxygen atoms in total. The minimum absolute atomic E-state index is 0.0312. The van der Waals surface area contributed by atoms with Gasteiger partial charge in [-0.25, -0.2) is 4.79 Å². The molecule has 1 heterocycles. The maximum atomic E-state index is 11.7. The molecule has 1 aliphatic heterocycles. The van der Waals surface area contributed by atoms with Crippen molar-refractivity contribution >= 4 is 17.9 Å². The van der Waals surface area contributed by atoms with Crippen LogP contribution >= 0.6 is 0 Å². The summed E-state index contributed by atoms with van der Waals surface area (Å²) in [6, 6.07) is 0. The molecule has 0 N–H and O–H groups in total. The molecule has 6 heteroatoms. The van der Waals surface area contributed by atoms with Crippen molar-refractivity contribution in [3.05, 3.63) is 23.8 Å². The van der Waals surface area contributed by atoms with Crippen LogP contribution in [0.25, 0.3) is 0 Å². The summed E-state index contributed by atoms with van der Waals surface area (Å²) in [6.45, 7) is 10.4. The Morgan fingerprint density at radius 2 is 1.96 bits per heavy atom. The second-order valence-corrected chi connectivity index (χ2v) is 6.91. The molecule has 0 aromatic heterocycles. The Hall–Kier alpha value is -2.11. The smallest absolute Gasteiger partial charge is 0.334 e. The van der Waals surface area contributed by atoms with E-state index in [-0.39, 0.29) is 42.0 Å². The molecule has 0 radical (unpaired) electrons. The molecule has 0 bridgehead atoms. The Morgan fingerprint density at radius 3 is 2.56 bits per heavy atom. The lowest BCUT2D eigenvalue weighted by Crippen LogP contribution is -2.29. The van der Waals surface area contributed by atoms with E-state index in [1.165, 1.54) is 13.8 Å². The number of allylic oxidation sites excluding steroid dienone is 1. The van der Waals surface area contributed by atoms with Gasteiger partial charge in [-0.3, -0.25) is 9.59 Å². The first-order valence-corrected chi connectivity index (χ1v) is 8.63. The van der Waals surface area contributed by atoms with Gasteiger partial charge in [0.05, 0.1) is 0 Å². The number of hydrogen-bond donors (Lipinski definition) is 0. The van der Waals surface area contributed by atoms with E-state index in [9.17, 15) is 14.4 Å². The van der Waals surface area contributed by atoms with Crippen LogP contribution in [0.15, 0.2) is 23.8 Å². The van der Waals surface area contributed by atoms with Crippen molar-refractivity contribution in [2.45, 2.75) is 65.3 Å². The molecule has 0 saturated carbocycles. The summed E-state index contributed by atoms with van der Waals surface area (Å²) in [5, 5.41) is 0. The molecule has 2 aliphatic rings. The van der Waals surface area contributed by atoms with Crippen molar-refractivity contribution < 1.29 is 28.6 Å². The highest BCUT2D eigenvalue weighted by Crippen LogP contribution is 2.40. The lowest BCUT2D eigenvalue weighted by atomic mass is 9.88. The number of esters is 3. The van der Waals surface area contributed by atoms with Crippen LogP contribution in [0.2, 0.25) is 0 Å². The van der Waals surface area contributed by atoms with Crippen molar-refractivity contribution in [1.29, 1.82) is 0 Å². The van der Waals surface area contributed by atoms with Gasteiger partial charge in [0.2, 0.25) is 0 Å². The third-order valence-corrected chi connectivity index (χ3v) is 4.77. The summed E-state index contributed by atoms with van der Waals surface area (Å²) in [7, 11) is 0. The minimum Gasteiger partial charge on any atom is -0.463 e. The third-order valence-electron chi connectivity index (χ3n) is 4.77. The molecule has 5 atom stereocenters. The molecule has 25 heavy (non-hydrogen) atoms. The lowest BCUT2D eigenvalue weighted by molar-refractivity contribution is -0.150. The van der Waals surface area contributed by atoms with Gasteiger partial charge in [-0.2, -0.15) is 0 Å². The quantitative estimate of drug-likeness (QED) is 0.328. The normalized spacial score (nSPS) is 28.2. The highest BCUT2D eigenvalue weighted by molar-refractivity contribution is 5.90. The van der Waals surface area contributed by atoms with Gasteiger partial charge < -0.3 is 14.2 Å². The zero-order valence-electron chi connectivity index (χ0n) is 15.2. The van der Waals surface area contributed by atoms with Gasteiger partial charge in [-0.05, 0) is 31.3 Å². The average Bonchev–Trinajstić information content (AvgIpc) is 2.64. The minimum atomic E-state index is -0.468. The fraction of sp³-hybridized carbons (Fsp3) is 0.632. The Balaban J connectivity index is 2.18. The summed E-state index contributed by atoms with van der Waals surface area (Å²) >= 11 is 0. The van der Waals surface area contributed by atoms with Crippen molar-refractivity contribution in [2.24, 2.45) is 11.8 Å². The van der Waals surface area contributed by atoms with Crippen molar-refractivity contribution in [3.8, 4) is 0 Å². The standard InChI is InChI=1S/C19H26O6/c1-10-8-17-16(12(3)19(22)25-17)7-6-15(10)18(24-14(5)21)9-11(2)23-13(4)20/h6,10-11,16-18H,3,7-9H2,1-2,4-5H3/t10-,11?,16+,17-,18?/m0/s1. The summed E-state index contributed by atoms with van der Waals surface area (Å²) in [5.41, 5.74) is 1.49. The number of fused-ring (bicyclic) bond motifs is 1. The van der Waals surface area contributed by atoms with Gasteiger partial charge >= 0.3 is 17.9 Å². The van der Waals surface area contributed by atoms with Gasteiger partial charge in [0.1, 0.15) is 18.3 Å². The fourth-order valence-electron chi connectivity index (χ4n) is 3.66. The highest BCUT2D eigenvalue weighted by atomic mass is 16.6. The van der Waals surface area contributed by atoms with E-state index in [1.807, 2.05) is 13.0 Å². The highest BCUT2D eigenvalue weighted by Gasteiger charge is 2.41. The summed E-state index contributed by atoms with van der Waals surface area (Å²) in [5.74, 6) is -1.03. The second kappa shape index (κ2) is 7.85. The van der Waals surface area contributed by atoms with Crippen LogP contribution in [0.1, 0.15) is 47.0 Å². The van der Waals surface area contributed by atoms with Gasteiger partial charge in [0.15, 0.2) is 0 Å². The number of carbonyl (C=O) groups is 3. The number of rotatable bonds is 5. The van der Waals surface area contributed by atoms with Crippen LogP contribution < -0.4 is 0 Å². The van der Waals surface area contributed by atoms with Crippen LogP contribution in [-0.4, -0.2) is 36.2 Å². The summed E-state index contributed by atoms with van der Waals surface area (Å²) in [4.78, 5) is 34.4. The van der Waals surface area contributed by atoms with Crippen LogP contribution in [0, 0.1) is 11.8 Å². The first-order chi connectivity index (χ1) is 11.7. The van der Waals surface area contributed by atoms with Crippen molar-refractivity contribution in [1.82, 2.24) is 0 Å². The second-order valence-electron chi connectivity index (χ2n) is 6.91. The van der Waals surface area contributed by atoms with Crippen molar-refractivity contribution in [2.75, 3.05) is 0 Å². The van der Waals surface area contributed by atoms with Crippen LogP contribution in [0.4, 0.5) is 0 Å². The molecule has 2 unspecified atom stereocenters. The summed E-state index contributed by atoms with van der Waals surface area (Å²) in [6.07, 6.45) is 2.67. The molecule has 0 aromatic rings. The van der Waals surface area contributed by atoms with Gasteiger partial charge in [0.25, 0.3) is 0 Å².